The van der Waals surface area contributed by atoms with Gasteiger partial charge in [0.15, 0.2) is 5.69 Å². The standard InChI is InChI=1S/C28H33F4N7O4/c1-28(31,32)43-21-4-2-3-19(13-21)15-34-26(41)23-17-39(37-36-23)16-20(29)7-11-38-12-8-22(25(30)27(38)42)35-24(40)14-18-5-9-33-10-6-18/h2-4,8,12-13,17-18,20,33H,5-7,9-11,14-16H2,1H3,(H,34,41)(H,35,40). The summed E-state index contributed by atoms with van der Waals surface area (Å²) in [5.41, 5.74) is -0.776. The number of amides is 2. The van der Waals surface area contributed by atoms with Crippen LogP contribution in [-0.4, -0.2) is 56.7 Å². The summed E-state index contributed by atoms with van der Waals surface area (Å²) in [6.45, 7) is 1.86. The van der Waals surface area contributed by atoms with Crippen molar-refractivity contribution >= 4 is 17.5 Å². The topological polar surface area (TPSA) is 132 Å². The SMILES string of the molecule is CC(F)(F)Oc1cccc(CNC(=O)c2cn(CC(F)CCn3ccc(NC(=O)CC4CCNCC4)c(F)c3=O)nn2)c1. The zero-order chi connectivity index (χ0) is 31.0. The summed E-state index contributed by atoms with van der Waals surface area (Å²) in [7, 11) is 0. The molecule has 4 rings (SSSR count). The molecule has 1 fully saturated rings. The van der Waals surface area contributed by atoms with Gasteiger partial charge in [-0.25, -0.2) is 9.07 Å². The molecule has 1 saturated heterocycles. The van der Waals surface area contributed by atoms with Gasteiger partial charge in [-0.05, 0) is 62.0 Å². The minimum Gasteiger partial charge on any atom is -0.433 e. The first-order valence-corrected chi connectivity index (χ1v) is 13.8. The van der Waals surface area contributed by atoms with Crippen LogP contribution in [-0.2, 0) is 24.4 Å². The summed E-state index contributed by atoms with van der Waals surface area (Å²) in [5.74, 6) is -1.96. The molecule has 11 nitrogen and oxygen atoms in total. The van der Waals surface area contributed by atoms with Gasteiger partial charge in [-0.15, -0.1) is 5.10 Å². The van der Waals surface area contributed by atoms with Gasteiger partial charge in [-0.2, -0.15) is 13.2 Å². The number of aryl methyl sites for hydroxylation is 1. The molecule has 0 bridgehead atoms. The highest BCUT2D eigenvalue weighted by atomic mass is 19.3. The van der Waals surface area contributed by atoms with Crippen molar-refractivity contribution in [1.82, 2.24) is 30.2 Å². The molecule has 3 heterocycles. The quantitative estimate of drug-likeness (QED) is 0.254. The van der Waals surface area contributed by atoms with Crippen LogP contribution in [0.3, 0.4) is 0 Å². The Morgan fingerprint density at radius 1 is 1.23 bits per heavy atom. The predicted molar refractivity (Wildman–Crippen MR) is 148 cm³/mol. The average molecular weight is 608 g/mol. The molecule has 1 unspecified atom stereocenters. The van der Waals surface area contributed by atoms with Gasteiger partial charge in [-0.1, -0.05) is 17.3 Å². The number of nitrogens with zero attached hydrogens (tertiary/aromatic N) is 4. The number of anilines is 1. The Bertz CT molecular complexity index is 1470. The van der Waals surface area contributed by atoms with Crippen molar-refractivity contribution < 1.29 is 31.9 Å². The van der Waals surface area contributed by atoms with E-state index in [0.717, 1.165) is 35.2 Å². The minimum absolute atomic E-state index is 0.00404. The number of halogens is 4. The Balaban J connectivity index is 1.24. The summed E-state index contributed by atoms with van der Waals surface area (Å²) in [4.78, 5) is 37.2. The Morgan fingerprint density at radius 2 is 2.00 bits per heavy atom. The first-order chi connectivity index (χ1) is 20.5. The summed E-state index contributed by atoms with van der Waals surface area (Å²) in [5, 5.41) is 15.7. The highest BCUT2D eigenvalue weighted by molar-refractivity contribution is 5.92. The van der Waals surface area contributed by atoms with E-state index < -0.39 is 29.6 Å². The number of nitrogens with one attached hydrogen (secondary N) is 3. The zero-order valence-corrected chi connectivity index (χ0v) is 23.5. The van der Waals surface area contributed by atoms with E-state index in [4.69, 9.17) is 0 Å². The van der Waals surface area contributed by atoms with Crippen LogP contribution < -0.4 is 26.2 Å². The smallest absolute Gasteiger partial charge is 0.394 e. The van der Waals surface area contributed by atoms with E-state index in [1.165, 1.54) is 36.7 Å². The molecular formula is C28H33F4N7O4. The molecule has 232 valence electrons. The number of aromatic nitrogens is 4. The fourth-order valence-corrected chi connectivity index (χ4v) is 4.63. The monoisotopic (exact) mass is 607 g/mol. The van der Waals surface area contributed by atoms with E-state index in [2.05, 4.69) is 31.0 Å². The van der Waals surface area contributed by atoms with Gasteiger partial charge < -0.3 is 25.3 Å². The Labute approximate surface area is 244 Å². The normalized spacial score (nSPS) is 14.7. The minimum atomic E-state index is -3.35. The third-order valence-electron chi connectivity index (χ3n) is 6.80. The van der Waals surface area contributed by atoms with Crippen LogP contribution in [0.25, 0.3) is 0 Å². The van der Waals surface area contributed by atoms with Crippen molar-refractivity contribution in [1.29, 1.82) is 0 Å². The fourth-order valence-electron chi connectivity index (χ4n) is 4.63. The van der Waals surface area contributed by atoms with E-state index in [1.54, 1.807) is 6.07 Å². The van der Waals surface area contributed by atoms with Crippen LogP contribution in [0.2, 0.25) is 0 Å². The number of pyridine rings is 1. The molecule has 0 spiro atoms. The lowest BCUT2D eigenvalue weighted by molar-refractivity contribution is -0.159. The number of benzene rings is 1. The van der Waals surface area contributed by atoms with Gasteiger partial charge in [0.25, 0.3) is 11.5 Å². The number of ether oxygens (including phenoxy) is 1. The van der Waals surface area contributed by atoms with Crippen molar-refractivity contribution in [3.05, 3.63) is 70.2 Å². The summed E-state index contributed by atoms with van der Waals surface area (Å²) < 4.78 is 62.2. The number of hydrogen-bond acceptors (Lipinski definition) is 7. The van der Waals surface area contributed by atoms with Crippen LogP contribution in [0.1, 0.15) is 48.7 Å². The van der Waals surface area contributed by atoms with Crippen LogP contribution in [0, 0.1) is 11.7 Å². The molecule has 0 radical (unpaired) electrons. The van der Waals surface area contributed by atoms with Gasteiger partial charge in [0.05, 0.1) is 18.4 Å². The summed E-state index contributed by atoms with van der Waals surface area (Å²) in [6.07, 6.45) is -0.528. The second-order valence-electron chi connectivity index (χ2n) is 10.4. The fraction of sp³-hybridized carbons (Fsp3) is 0.464. The maximum Gasteiger partial charge on any atom is 0.394 e. The maximum atomic E-state index is 14.7. The van der Waals surface area contributed by atoms with E-state index in [1.807, 2.05) is 0 Å². The van der Waals surface area contributed by atoms with Crippen molar-refractivity contribution in [2.75, 3.05) is 18.4 Å². The largest absolute Gasteiger partial charge is 0.433 e. The second kappa shape index (κ2) is 14.3. The average Bonchev–Trinajstić information content (AvgIpc) is 3.42. The van der Waals surface area contributed by atoms with Crippen molar-refractivity contribution in [2.45, 2.75) is 64.5 Å². The lowest BCUT2D eigenvalue weighted by atomic mass is 9.94. The molecule has 3 N–H and O–H groups in total. The van der Waals surface area contributed by atoms with Crippen molar-refractivity contribution in [3.8, 4) is 5.75 Å². The van der Waals surface area contributed by atoms with Crippen molar-refractivity contribution in [2.24, 2.45) is 5.92 Å². The highest BCUT2D eigenvalue weighted by Crippen LogP contribution is 2.22. The Hall–Kier alpha value is -4.27. The van der Waals surface area contributed by atoms with Crippen LogP contribution in [0.5, 0.6) is 5.75 Å². The molecule has 1 aliphatic heterocycles. The Morgan fingerprint density at radius 3 is 2.74 bits per heavy atom. The van der Waals surface area contributed by atoms with Crippen LogP contribution in [0.4, 0.5) is 23.2 Å². The molecule has 2 aromatic heterocycles. The third kappa shape index (κ3) is 9.63. The Kier molecular flexibility index (Phi) is 10.5. The number of piperidine rings is 1. The molecule has 1 atom stereocenters. The van der Waals surface area contributed by atoms with Crippen LogP contribution in [0.15, 0.2) is 47.5 Å². The molecule has 43 heavy (non-hydrogen) atoms. The third-order valence-corrected chi connectivity index (χ3v) is 6.80. The van der Waals surface area contributed by atoms with E-state index in [9.17, 15) is 31.9 Å². The van der Waals surface area contributed by atoms with Gasteiger partial charge in [0.1, 0.15) is 11.9 Å². The van der Waals surface area contributed by atoms with Gasteiger partial charge in [-0.3, -0.25) is 14.4 Å². The number of rotatable bonds is 13. The number of carbonyl (C=O) groups is 2. The molecule has 1 aliphatic rings. The summed E-state index contributed by atoms with van der Waals surface area (Å²) >= 11 is 0. The van der Waals surface area contributed by atoms with Crippen molar-refractivity contribution in [3.63, 3.8) is 0 Å². The van der Waals surface area contributed by atoms with Gasteiger partial charge >= 0.3 is 6.11 Å². The molecule has 0 saturated carbocycles. The number of carbonyl (C=O) groups excluding carboxylic acids is 2. The second-order valence-corrected chi connectivity index (χ2v) is 10.4. The van der Waals surface area contributed by atoms with Gasteiger partial charge in [0, 0.05) is 32.6 Å². The lowest BCUT2D eigenvalue weighted by Gasteiger charge is -2.22. The first-order valence-electron chi connectivity index (χ1n) is 13.8. The van der Waals surface area contributed by atoms with E-state index >= 15 is 0 Å². The molecule has 2 amide bonds. The number of hydrogen-bond donors (Lipinski definition) is 3. The molecule has 15 heteroatoms. The lowest BCUT2D eigenvalue weighted by Crippen LogP contribution is -2.31. The highest BCUT2D eigenvalue weighted by Gasteiger charge is 2.23. The molecule has 3 aromatic rings. The maximum absolute atomic E-state index is 14.7. The predicted octanol–water partition coefficient (Wildman–Crippen LogP) is 3.26. The summed E-state index contributed by atoms with van der Waals surface area (Å²) in [6, 6.07) is 7.11. The van der Waals surface area contributed by atoms with Gasteiger partial charge in [0.2, 0.25) is 11.7 Å². The zero-order valence-electron chi connectivity index (χ0n) is 23.5. The van der Waals surface area contributed by atoms with E-state index in [-0.39, 0.29) is 61.4 Å². The first kappa shape index (κ1) is 31.7. The molecular weight excluding hydrogens is 574 g/mol. The number of alkyl halides is 3. The molecule has 0 aliphatic carbocycles. The molecule has 1 aromatic carbocycles. The van der Waals surface area contributed by atoms with Crippen LogP contribution >= 0.6 is 0 Å². The van der Waals surface area contributed by atoms with E-state index in [0.29, 0.717) is 12.5 Å².